The first-order valence-electron chi connectivity index (χ1n) is 5.07. The minimum Gasteiger partial charge on any atom is -0.338 e. The van der Waals surface area contributed by atoms with Crippen molar-refractivity contribution in [2.75, 3.05) is 13.1 Å². The van der Waals surface area contributed by atoms with Crippen molar-refractivity contribution in [3.8, 4) is 0 Å². The molecule has 3 nitrogen and oxygen atoms in total. The zero-order valence-electron chi connectivity index (χ0n) is 9.08. The van der Waals surface area contributed by atoms with Crippen LogP contribution in [0.15, 0.2) is 24.5 Å². The van der Waals surface area contributed by atoms with Crippen LogP contribution in [-0.4, -0.2) is 22.6 Å². The predicted octanol–water partition coefficient (Wildman–Crippen LogP) is 1.52. The van der Waals surface area contributed by atoms with Crippen LogP contribution in [0.3, 0.4) is 0 Å². The quantitative estimate of drug-likeness (QED) is 0.548. The maximum absolute atomic E-state index is 4.25. The lowest BCUT2D eigenvalue weighted by Crippen LogP contribution is -2.20. The van der Waals surface area contributed by atoms with E-state index in [0.717, 1.165) is 31.8 Å². The minimum absolute atomic E-state index is 0.918. The van der Waals surface area contributed by atoms with E-state index in [2.05, 4.69) is 28.4 Å². The van der Waals surface area contributed by atoms with Crippen molar-refractivity contribution in [1.29, 1.82) is 0 Å². The summed E-state index contributed by atoms with van der Waals surface area (Å²) in [5.41, 5.74) is 1.25. The summed E-state index contributed by atoms with van der Waals surface area (Å²) in [7, 11) is 2.02. The van der Waals surface area contributed by atoms with Gasteiger partial charge in [0.25, 0.3) is 0 Å². The van der Waals surface area contributed by atoms with Crippen LogP contribution in [0.4, 0.5) is 0 Å². The van der Waals surface area contributed by atoms with Crippen molar-refractivity contribution < 1.29 is 0 Å². The van der Waals surface area contributed by atoms with Gasteiger partial charge in [0.2, 0.25) is 0 Å². The number of aryl methyl sites for hydroxylation is 1. The molecule has 0 spiro atoms. The van der Waals surface area contributed by atoms with Crippen molar-refractivity contribution in [1.82, 2.24) is 14.9 Å². The highest BCUT2D eigenvalue weighted by Gasteiger charge is 1.97. The van der Waals surface area contributed by atoms with Gasteiger partial charge < -0.3 is 9.88 Å². The van der Waals surface area contributed by atoms with Crippen molar-refractivity contribution in [2.45, 2.75) is 19.8 Å². The van der Waals surface area contributed by atoms with E-state index in [9.17, 15) is 0 Å². The molecule has 0 saturated heterocycles. The van der Waals surface area contributed by atoms with Gasteiger partial charge in [0.05, 0.1) is 0 Å². The summed E-state index contributed by atoms with van der Waals surface area (Å²) >= 11 is 0. The summed E-state index contributed by atoms with van der Waals surface area (Å²) in [5, 5.41) is 3.35. The average molecular weight is 193 g/mol. The molecule has 0 atom stereocenters. The second kappa shape index (κ2) is 5.60. The molecule has 3 heteroatoms. The Balaban J connectivity index is 2.16. The molecule has 0 radical (unpaired) electrons. The molecule has 1 rings (SSSR count). The molecular formula is C11H19N3. The van der Waals surface area contributed by atoms with Crippen LogP contribution in [-0.2, 0) is 13.5 Å². The molecule has 0 amide bonds. The maximum atomic E-state index is 4.25. The highest BCUT2D eigenvalue weighted by atomic mass is 15.0. The van der Waals surface area contributed by atoms with Crippen molar-refractivity contribution in [3.05, 3.63) is 30.4 Å². The van der Waals surface area contributed by atoms with Gasteiger partial charge in [-0.3, -0.25) is 0 Å². The summed E-state index contributed by atoms with van der Waals surface area (Å²) in [6.07, 6.45) is 5.83. The molecule has 0 bridgehead atoms. The molecule has 1 N–H and O–H groups in total. The zero-order valence-corrected chi connectivity index (χ0v) is 9.08. The third-order valence-corrected chi connectivity index (χ3v) is 2.32. The van der Waals surface area contributed by atoms with Crippen LogP contribution in [0, 0.1) is 0 Å². The second-order valence-electron chi connectivity index (χ2n) is 3.48. The summed E-state index contributed by atoms with van der Waals surface area (Å²) in [4.78, 5) is 4.25. The summed E-state index contributed by atoms with van der Waals surface area (Å²) in [6.45, 7) is 7.95. The van der Waals surface area contributed by atoms with Gasteiger partial charge >= 0.3 is 0 Å². The maximum Gasteiger partial charge on any atom is 0.109 e. The van der Waals surface area contributed by atoms with Gasteiger partial charge in [-0.2, -0.15) is 0 Å². The second-order valence-corrected chi connectivity index (χ2v) is 3.48. The van der Waals surface area contributed by atoms with E-state index in [0.29, 0.717) is 0 Å². The summed E-state index contributed by atoms with van der Waals surface area (Å²) in [5.74, 6) is 1.12. The van der Waals surface area contributed by atoms with Crippen molar-refractivity contribution in [2.24, 2.45) is 7.05 Å². The van der Waals surface area contributed by atoms with E-state index in [1.165, 1.54) is 5.57 Å². The lowest BCUT2D eigenvalue weighted by Gasteiger charge is -2.05. The molecule has 0 aromatic carbocycles. The van der Waals surface area contributed by atoms with Crippen molar-refractivity contribution >= 4 is 0 Å². The SMILES string of the molecule is C=C(CC)CNCCc1nccn1C. The molecule has 0 aliphatic carbocycles. The van der Waals surface area contributed by atoms with E-state index in [1.807, 2.05) is 19.4 Å². The number of rotatable bonds is 6. The molecule has 1 aromatic heterocycles. The Morgan fingerprint density at radius 1 is 1.64 bits per heavy atom. The third kappa shape index (κ3) is 3.34. The third-order valence-electron chi connectivity index (χ3n) is 2.32. The fourth-order valence-electron chi connectivity index (χ4n) is 1.23. The van der Waals surface area contributed by atoms with Gasteiger partial charge in [-0.15, -0.1) is 0 Å². The Morgan fingerprint density at radius 3 is 3.00 bits per heavy atom. The van der Waals surface area contributed by atoms with E-state index in [4.69, 9.17) is 0 Å². The molecule has 0 saturated carbocycles. The predicted molar refractivity (Wildman–Crippen MR) is 59.2 cm³/mol. The Hall–Kier alpha value is -1.09. The first-order chi connectivity index (χ1) is 6.74. The topological polar surface area (TPSA) is 29.9 Å². The fourth-order valence-corrected chi connectivity index (χ4v) is 1.23. The van der Waals surface area contributed by atoms with E-state index in [1.54, 1.807) is 0 Å². The largest absolute Gasteiger partial charge is 0.338 e. The number of hydrogen-bond acceptors (Lipinski definition) is 2. The zero-order chi connectivity index (χ0) is 10.4. The Kier molecular flexibility index (Phi) is 4.40. The Bertz CT molecular complexity index is 288. The average Bonchev–Trinajstić information content (AvgIpc) is 2.58. The van der Waals surface area contributed by atoms with Crippen LogP contribution in [0.5, 0.6) is 0 Å². The van der Waals surface area contributed by atoms with Gasteiger partial charge in [-0.25, -0.2) is 4.98 Å². The van der Waals surface area contributed by atoms with Crippen LogP contribution in [0.2, 0.25) is 0 Å². The minimum atomic E-state index is 0.918. The molecule has 0 fully saturated rings. The van der Waals surface area contributed by atoms with E-state index in [-0.39, 0.29) is 0 Å². The van der Waals surface area contributed by atoms with Gasteiger partial charge in [-0.05, 0) is 6.42 Å². The Labute approximate surface area is 85.8 Å². The van der Waals surface area contributed by atoms with Gasteiger partial charge in [0.1, 0.15) is 5.82 Å². The summed E-state index contributed by atoms with van der Waals surface area (Å²) < 4.78 is 2.05. The van der Waals surface area contributed by atoms with Crippen LogP contribution >= 0.6 is 0 Å². The number of aromatic nitrogens is 2. The smallest absolute Gasteiger partial charge is 0.109 e. The summed E-state index contributed by atoms with van der Waals surface area (Å²) in [6, 6.07) is 0. The number of nitrogens with zero attached hydrogens (tertiary/aromatic N) is 2. The number of hydrogen-bond donors (Lipinski definition) is 1. The van der Waals surface area contributed by atoms with Gasteiger partial charge in [-0.1, -0.05) is 19.1 Å². The highest BCUT2D eigenvalue weighted by molar-refractivity contribution is 4.96. The lowest BCUT2D eigenvalue weighted by atomic mass is 10.2. The van der Waals surface area contributed by atoms with Crippen LogP contribution in [0.25, 0.3) is 0 Å². The molecule has 1 heterocycles. The molecule has 14 heavy (non-hydrogen) atoms. The monoisotopic (exact) mass is 193 g/mol. The molecule has 0 aliphatic rings. The van der Waals surface area contributed by atoms with Crippen LogP contribution < -0.4 is 5.32 Å². The number of nitrogens with one attached hydrogen (secondary N) is 1. The lowest BCUT2D eigenvalue weighted by molar-refractivity contribution is 0.677. The molecule has 1 aromatic rings. The standard InChI is InChI=1S/C11H19N3/c1-4-10(2)9-12-6-5-11-13-7-8-14(11)3/h7-8,12H,2,4-6,9H2,1,3H3. The van der Waals surface area contributed by atoms with Gasteiger partial charge in [0, 0.05) is 39.0 Å². The molecular weight excluding hydrogens is 174 g/mol. The Morgan fingerprint density at radius 2 is 2.43 bits per heavy atom. The molecule has 0 unspecified atom stereocenters. The normalized spacial score (nSPS) is 10.4. The number of imidazole rings is 1. The highest BCUT2D eigenvalue weighted by Crippen LogP contribution is 1.95. The van der Waals surface area contributed by atoms with E-state index >= 15 is 0 Å². The van der Waals surface area contributed by atoms with Crippen molar-refractivity contribution in [3.63, 3.8) is 0 Å². The van der Waals surface area contributed by atoms with Gasteiger partial charge in [0.15, 0.2) is 0 Å². The van der Waals surface area contributed by atoms with Crippen LogP contribution in [0.1, 0.15) is 19.2 Å². The first kappa shape index (κ1) is 11.0. The first-order valence-corrected chi connectivity index (χ1v) is 5.07. The molecule has 78 valence electrons. The fraction of sp³-hybridized carbons (Fsp3) is 0.545. The van der Waals surface area contributed by atoms with E-state index < -0.39 is 0 Å². The molecule has 0 aliphatic heterocycles.